The second-order valence-electron chi connectivity index (χ2n) is 3.36. The predicted octanol–water partition coefficient (Wildman–Crippen LogP) is -0.417. The van der Waals surface area contributed by atoms with Crippen LogP contribution in [0.5, 0.6) is 0 Å². The average molecular weight is 252 g/mol. The quantitative estimate of drug-likeness (QED) is 0.668. The first-order valence-corrected chi connectivity index (χ1v) is 5.42. The Morgan fingerprint density at radius 3 is 2.85 bits per heavy atom. The van der Waals surface area contributed by atoms with Crippen LogP contribution >= 0.6 is 15.9 Å². The van der Waals surface area contributed by atoms with E-state index in [4.69, 9.17) is 10.2 Å². The van der Waals surface area contributed by atoms with Crippen molar-refractivity contribution in [2.75, 3.05) is 25.0 Å². The molecule has 0 saturated carbocycles. The molecular formula is C8H14BrNO3. The highest BCUT2D eigenvalue weighted by Crippen LogP contribution is 2.19. The van der Waals surface area contributed by atoms with E-state index in [2.05, 4.69) is 15.9 Å². The largest absolute Gasteiger partial charge is 0.394 e. The van der Waals surface area contributed by atoms with Crippen LogP contribution < -0.4 is 0 Å². The first kappa shape index (κ1) is 10.9. The van der Waals surface area contributed by atoms with E-state index >= 15 is 0 Å². The maximum atomic E-state index is 11.3. The fraction of sp³-hybridized carbons (Fsp3) is 0.875. The Hall–Kier alpha value is -0.130. The van der Waals surface area contributed by atoms with Crippen LogP contribution in [0.2, 0.25) is 0 Å². The van der Waals surface area contributed by atoms with Gasteiger partial charge in [0.15, 0.2) is 0 Å². The minimum atomic E-state index is -0.807. The van der Waals surface area contributed by atoms with E-state index in [0.29, 0.717) is 18.9 Å². The van der Waals surface area contributed by atoms with E-state index in [0.717, 1.165) is 5.33 Å². The minimum absolute atomic E-state index is 0.0666. The molecule has 13 heavy (non-hydrogen) atoms. The van der Waals surface area contributed by atoms with Gasteiger partial charge < -0.3 is 15.1 Å². The Bertz CT molecular complexity index is 188. The molecule has 0 aromatic heterocycles. The van der Waals surface area contributed by atoms with Gasteiger partial charge in [0.2, 0.25) is 5.91 Å². The number of hydrogen-bond acceptors (Lipinski definition) is 3. The van der Waals surface area contributed by atoms with Crippen molar-refractivity contribution >= 4 is 21.8 Å². The lowest BCUT2D eigenvalue weighted by molar-refractivity contribution is -0.129. The summed E-state index contributed by atoms with van der Waals surface area (Å²) < 4.78 is 0. The van der Waals surface area contributed by atoms with Crippen molar-refractivity contribution in [1.29, 1.82) is 0 Å². The highest BCUT2D eigenvalue weighted by Gasteiger charge is 2.29. The molecule has 2 N–H and O–H groups in total. The maximum absolute atomic E-state index is 11.3. The van der Waals surface area contributed by atoms with Gasteiger partial charge in [0.05, 0.1) is 12.7 Å². The third-order valence-electron chi connectivity index (χ3n) is 2.15. The molecule has 4 nitrogen and oxygen atoms in total. The van der Waals surface area contributed by atoms with Crippen LogP contribution in [0, 0.1) is 5.92 Å². The van der Waals surface area contributed by atoms with Crippen LogP contribution in [0.3, 0.4) is 0 Å². The molecule has 1 fully saturated rings. The molecule has 0 spiro atoms. The summed E-state index contributed by atoms with van der Waals surface area (Å²) in [5, 5.41) is 18.6. The molecule has 0 aliphatic carbocycles. The number of β-amino-alcohol motifs (C(OH)–C–C–N with tert-alkyl or cyclic N) is 1. The molecule has 0 aromatic carbocycles. The van der Waals surface area contributed by atoms with Crippen LogP contribution in [0.25, 0.3) is 0 Å². The first-order valence-electron chi connectivity index (χ1n) is 4.30. The number of aliphatic hydroxyl groups is 2. The van der Waals surface area contributed by atoms with E-state index in [9.17, 15) is 4.79 Å². The van der Waals surface area contributed by atoms with Gasteiger partial charge in [-0.05, 0) is 5.92 Å². The SMILES string of the molecule is O=C1CC(CBr)CN1CC(O)CO. The summed E-state index contributed by atoms with van der Waals surface area (Å²) in [6, 6.07) is 0. The number of carbonyl (C=O) groups is 1. The van der Waals surface area contributed by atoms with Gasteiger partial charge in [-0.1, -0.05) is 15.9 Å². The molecule has 1 heterocycles. The second kappa shape index (κ2) is 4.93. The van der Waals surface area contributed by atoms with Gasteiger partial charge in [0.25, 0.3) is 0 Å². The average Bonchev–Trinajstić information content (AvgIpc) is 2.47. The van der Waals surface area contributed by atoms with Crippen molar-refractivity contribution in [2.24, 2.45) is 5.92 Å². The summed E-state index contributed by atoms with van der Waals surface area (Å²) >= 11 is 3.32. The molecule has 76 valence electrons. The zero-order valence-electron chi connectivity index (χ0n) is 7.32. The number of carbonyl (C=O) groups excluding carboxylic acids is 1. The lowest BCUT2D eigenvalue weighted by Gasteiger charge is -2.18. The maximum Gasteiger partial charge on any atom is 0.223 e. The normalized spacial score (nSPS) is 25.3. The number of aliphatic hydroxyl groups excluding tert-OH is 2. The number of likely N-dealkylation sites (tertiary alicyclic amines) is 1. The minimum Gasteiger partial charge on any atom is -0.394 e. The number of halogens is 1. The zero-order chi connectivity index (χ0) is 9.84. The predicted molar refractivity (Wildman–Crippen MR) is 51.6 cm³/mol. The monoisotopic (exact) mass is 251 g/mol. The molecule has 1 rings (SSSR count). The molecule has 0 bridgehead atoms. The van der Waals surface area contributed by atoms with Gasteiger partial charge in [-0.3, -0.25) is 4.79 Å². The van der Waals surface area contributed by atoms with Crippen molar-refractivity contribution in [1.82, 2.24) is 4.90 Å². The number of alkyl halides is 1. The first-order chi connectivity index (χ1) is 6.17. The second-order valence-corrected chi connectivity index (χ2v) is 4.01. The van der Waals surface area contributed by atoms with Crippen molar-refractivity contribution in [3.63, 3.8) is 0 Å². The number of amides is 1. The Balaban J connectivity index is 2.39. The van der Waals surface area contributed by atoms with Crippen molar-refractivity contribution in [3.05, 3.63) is 0 Å². The van der Waals surface area contributed by atoms with Gasteiger partial charge in [-0.15, -0.1) is 0 Å². The van der Waals surface area contributed by atoms with Crippen LogP contribution in [-0.2, 0) is 4.79 Å². The molecule has 5 heteroatoms. The summed E-state index contributed by atoms with van der Waals surface area (Å²) in [5.74, 6) is 0.412. The molecule has 0 aromatic rings. The number of rotatable bonds is 4. The summed E-state index contributed by atoms with van der Waals surface area (Å²) in [5.41, 5.74) is 0. The Labute approximate surface area is 85.7 Å². The molecule has 2 atom stereocenters. The third-order valence-corrected chi connectivity index (χ3v) is 3.07. The summed E-state index contributed by atoms with van der Waals surface area (Å²) in [6.07, 6.45) is -0.262. The van der Waals surface area contributed by atoms with E-state index in [-0.39, 0.29) is 19.1 Å². The van der Waals surface area contributed by atoms with Crippen LogP contribution in [-0.4, -0.2) is 52.2 Å². The van der Waals surface area contributed by atoms with Crippen LogP contribution in [0.1, 0.15) is 6.42 Å². The fourth-order valence-electron chi connectivity index (χ4n) is 1.45. The van der Waals surface area contributed by atoms with E-state index in [1.165, 1.54) is 0 Å². The molecule has 1 aliphatic heterocycles. The Kier molecular flexibility index (Phi) is 4.15. The van der Waals surface area contributed by atoms with Gasteiger partial charge in [-0.25, -0.2) is 0 Å². The zero-order valence-corrected chi connectivity index (χ0v) is 8.90. The Morgan fingerprint density at radius 2 is 2.38 bits per heavy atom. The number of nitrogens with zero attached hydrogens (tertiary/aromatic N) is 1. The third kappa shape index (κ3) is 2.93. The van der Waals surface area contributed by atoms with Gasteiger partial charge in [0, 0.05) is 24.8 Å². The highest BCUT2D eigenvalue weighted by molar-refractivity contribution is 9.09. The molecular weight excluding hydrogens is 238 g/mol. The standard InChI is InChI=1S/C8H14BrNO3/c9-2-6-1-8(13)10(3-6)4-7(12)5-11/h6-7,11-12H,1-5H2. The van der Waals surface area contributed by atoms with Crippen LogP contribution in [0.4, 0.5) is 0 Å². The number of hydrogen-bond donors (Lipinski definition) is 2. The molecule has 1 amide bonds. The van der Waals surface area contributed by atoms with Gasteiger partial charge in [-0.2, -0.15) is 0 Å². The van der Waals surface area contributed by atoms with Crippen LogP contribution in [0.15, 0.2) is 0 Å². The highest BCUT2D eigenvalue weighted by atomic mass is 79.9. The fourth-order valence-corrected chi connectivity index (χ4v) is 1.88. The van der Waals surface area contributed by atoms with E-state index in [1.807, 2.05) is 0 Å². The molecule has 2 unspecified atom stereocenters. The lowest BCUT2D eigenvalue weighted by Crippen LogP contribution is -2.35. The molecule has 0 radical (unpaired) electrons. The molecule has 1 aliphatic rings. The Morgan fingerprint density at radius 1 is 1.69 bits per heavy atom. The van der Waals surface area contributed by atoms with E-state index in [1.54, 1.807) is 4.90 Å². The molecule has 1 saturated heterocycles. The lowest BCUT2D eigenvalue weighted by atomic mass is 10.2. The summed E-state index contributed by atoms with van der Waals surface area (Å²) in [4.78, 5) is 12.9. The van der Waals surface area contributed by atoms with Crippen molar-refractivity contribution in [3.8, 4) is 0 Å². The smallest absolute Gasteiger partial charge is 0.223 e. The summed E-state index contributed by atoms with van der Waals surface area (Å²) in [6.45, 7) is 0.642. The van der Waals surface area contributed by atoms with E-state index < -0.39 is 6.10 Å². The van der Waals surface area contributed by atoms with Gasteiger partial charge in [0.1, 0.15) is 0 Å². The summed E-state index contributed by atoms with van der Waals surface area (Å²) in [7, 11) is 0. The topological polar surface area (TPSA) is 60.8 Å². The van der Waals surface area contributed by atoms with Crippen molar-refractivity contribution < 1.29 is 15.0 Å². The van der Waals surface area contributed by atoms with Crippen molar-refractivity contribution in [2.45, 2.75) is 12.5 Å². The van der Waals surface area contributed by atoms with Gasteiger partial charge >= 0.3 is 0 Å².